The lowest BCUT2D eigenvalue weighted by atomic mass is 10.0. The highest BCUT2D eigenvalue weighted by Gasteiger charge is 2.32. The van der Waals surface area contributed by atoms with E-state index in [1.54, 1.807) is 0 Å². The van der Waals surface area contributed by atoms with Gasteiger partial charge in [0.2, 0.25) is 0 Å². The minimum absolute atomic E-state index is 0.135. The average Bonchev–Trinajstić information content (AvgIpc) is 2.86. The maximum atomic E-state index is 12.2. The fourth-order valence-electron chi connectivity index (χ4n) is 2.89. The molecule has 4 heteroatoms. The Morgan fingerprint density at radius 2 is 2.06 bits per heavy atom. The summed E-state index contributed by atoms with van der Waals surface area (Å²) in [5.41, 5.74) is 6.16. The molecular weight excluding hydrogens is 222 g/mol. The summed E-state index contributed by atoms with van der Waals surface area (Å²) in [5, 5.41) is 0.215. The molecule has 2 N–H and O–H groups in total. The first-order valence-corrected chi connectivity index (χ1v) is 7.81. The third kappa shape index (κ3) is 2.84. The molecule has 2 fully saturated rings. The molecule has 1 heterocycles. The Labute approximate surface area is 101 Å². The largest absolute Gasteiger partial charge is 0.377 e. The number of hydrogen-bond donors (Lipinski definition) is 1. The molecule has 0 aromatic carbocycles. The second-order valence-corrected chi connectivity index (χ2v) is 6.86. The molecule has 1 saturated carbocycles. The predicted octanol–water partition coefficient (Wildman–Crippen LogP) is 1.43. The van der Waals surface area contributed by atoms with Gasteiger partial charge in [-0.05, 0) is 32.1 Å². The number of ether oxygens (including phenoxy) is 1. The smallest absolute Gasteiger partial charge is 0.0691 e. The van der Waals surface area contributed by atoms with Gasteiger partial charge in [0.25, 0.3) is 0 Å². The normalized spacial score (nSPS) is 35.4. The second kappa shape index (κ2) is 5.61. The third-order valence-electron chi connectivity index (χ3n) is 4.01. The van der Waals surface area contributed by atoms with Gasteiger partial charge in [0.1, 0.15) is 0 Å². The zero-order valence-electron chi connectivity index (χ0n) is 10.1. The summed E-state index contributed by atoms with van der Waals surface area (Å²) in [7, 11) is -0.802. The molecule has 16 heavy (non-hydrogen) atoms. The van der Waals surface area contributed by atoms with Crippen LogP contribution in [-0.2, 0) is 15.5 Å². The lowest BCUT2D eigenvalue weighted by molar-refractivity contribution is 0.127. The third-order valence-corrected chi connectivity index (χ3v) is 6.01. The Bertz CT molecular complexity index is 253. The van der Waals surface area contributed by atoms with Crippen LogP contribution in [0.15, 0.2) is 0 Å². The van der Waals surface area contributed by atoms with E-state index >= 15 is 0 Å². The van der Waals surface area contributed by atoms with E-state index < -0.39 is 10.8 Å². The molecule has 1 aliphatic heterocycles. The van der Waals surface area contributed by atoms with E-state index in [0.29, 0.717) is 11.7 Å². The Morgan fingerprint density at radius 3 is 2.62 bits per heavy atom. The van der Waals surface area contributed by atoms with Gasteiger partial charge in [-0.3, -0.25) is 4.21 Å². The first-order chi connectivity index (χ1) is 7.68. The van der Waals surface area contributed by atoms with Gasteiger partial charge in [-0.15, -0.1) is 0 Å². The van der Waals surface area contributed by atoms with Crippen LogP contribution in [-0.4, -0.2) is 34.0 Å². The molecule has 4 atom stereocenters. The van der Waals surface area contributed by atoms with Gasteiger partial charge in [0.15, 0.2) is 0 Å². The van der Waals surface area contributed by atoms with Crippen LogP contribution in [0.5, 0.6) is 0 Å². The van der Waals surface area contributed by atoms with E-state index in [2.05, 4.69) is 0 Å². The summed E-state index contributed by atoms with van der Waals surface area (Å²) in [5.74, 6) is 1.28. The molecule has 3 nitrogen and oxygen atoms in total. The van der Waals surface area contributed by atoms with Crippen molar-refractivity contribution in [2.75, 3.05) is 12.4 Å². The lowest BCUT2D eigenvalue weighted by Gasteiger charge is -2.21. The Morgan fingerprint density at radius 1 is 1.38 bits per heavy atom. The summed E-state index contributed by atoms with van der Waals surface area (Å²) >= 11 is 0. The van der Waals surface area contributed by atoms with Crippen molar-refractivity contribution in [1.29, 1.82) is 0 Å². The monoisotopic (exact) mass is 245 g/mol. The van der Waals surface area contributed by atoms with Crippen molar-refractivity contribution in [2.24, 2.45) is 11.7 Å². The van der Waals surface area contributed by atoms with Crippen molar-refractivity contribution in [3.63, 3.8) is 0 Å². The second-order valence-electron chi connectivity index (χ2n) is 5.16. The minimum Gasteiger partial charge on any atom is -0.377 e. The van der Waals surface area contributed by atoms with Crippen LogP contribution in [0.25, 0.3) is 0 Å². The van der Waals surface area contributed by atoms with E-state index in [0.717, 1.165) is 13.0 Å². The minimum atomic E-state index is -0.802. The van der Waals surface area contributed by atoms with Crippen LogP contribution in [0.3, 0.4) is 0 Å². The summed E-state index contributed by atoms with van der Waals surface area (Å²) in [6.07, 6.45) is 6.15. The summed E-state index contributed by atoms with van der Waals surface area (Å²) in [6.45, 7) is 2.78. The van der Waals surface area contributed by atoms with Gasteiger partial charge in [-0.2, -0.15) is 0 Å². The Balaban J connectivity index is 1.81. The fourth-order valence-corrected chi connectivity index (χ4v) is 4.66. The van der Waals surface area contributed by atoms with Gasteiger partial charge < -0.3 is 10.5 Å². The van der Waals surface area contributed by atoms with Crippen LogP contribution < -0.4 is 5.73 Å². The number of nitrogens with two attached hydrogens (primary N) is 1. The number of hydrogen-bond acceptors (Lipinski definition) is 3. The zero-order valence-corrected chi connectivity index (χ0v) is 10.9. The molecule has 0 spiro atoms. The molecule has 4 unspecified atom stereocenters. The topological polar surface area (TPSA) is 52.3 Å². The molecule has 94 valence electrons. The molecule has 0 radical (unpaired) electrons. The van der Waals surface area contributed by atoms with Gasteiger partial charge in [-0.1, -0.05) is 12.8 Å². The van der Waals surface area contributed by atoms with Crippen LogP contribution in [0.1, 0.15) is 39.0 Å². The molecule has 1 aliphatic carbocycles. The van der Waals surface area contributed by atoms with Gasteiger partial charge >= 0.3 is 0 Å². The Kier molecular flexibility index (Phi) is 4.39. The summed E-state index contributed by atoms with van der Waals surface area (Å²) in [4.78, 5) is 0. The molecule has 2 rings (SSSR count). The highest BCUT2D eigenvalue weighted by molar-refractivity contribution is 7.85. The predicted molar refractivity (Wildman–Crippen MR) is 66.8 cm³/mol. The molecule has 0 aromatic heterocycles. The van der Waals surface area contributed by atoms with Crippen LogP contribution >= 0.6 is 0 Å². The van der Waals surface area contributed by atoms with Crippen LogP contribution in [0.4, 0.5) is 0 Å². The summed E-state index contributed by atoms with van der Waals surface area (Å²) < 4.78 is 17.6. The fraction of sp³-hybridized carbons (Fsp3) is 1.00. The molecule has 1 saturated heterocycles. The lowest BCUT2D eigenvalue weighted by Crippen LogP contribution is -2.38. The van der Waals surface area contributed by atoms with Gasteiger partial charge in [0.05, 0.1) is 11.4 Å². The van der Waals surface area contributed by atoms with E-state index in [4.69, 9.17) is 10.5 Å². The van der Waals surface area contributed by atoms with Crippen molar-refractivity contribution in [1.82, 2.24) is 0 Å². The van der Waals surface area contributed by atoms with E-state index in [-0.39, 0.29) is 17.4 Å². The van der Waals surface area contributed by atoms with Gasteiger partial charge in [-0.25, -0.2) is 0 Å². The van der Waals surface area contributed by atoms with Crippen molar-refractivity contribution in [3.8, 4) is 0 Å². The highest BCUT2D eigenvalue weighted by Crippen LogP contribution is 2.28. The SMILES string of the molecule is CC1OCCC1S(=O)CC(N)C1CCCC1. The van der Waals surface area contributed by atoms with E-state index in [1.807, 2.05) is 6.92 Å². The van der Waals surface area contributed by atoms with Crippen molar-refractivity contribution < 1.29 is 8.95 Å². The quantitative estimate of drug-likeness (QED) is 0.815. The zero-order chi connectivity index (χ0) is 11.5. The maximum absolute atomic E-state index is 12.2. The van der Waals surface area contributed by atoms with Crippen molar-refractivity contribution in [3.05, 3.63) is 0 Å². The maximum Gasteiger partial charge on any atom is 0.0691 e. The molecule has 0 bridgehead atoms. The van der Waals surface area contributed by atoms with Crippen molar-refractivity contribution in [2.45, 2.75) is 56.4 Å². The van der Waals surface area contributed by atoms with Crippen molar-refractivity contribution >= 4 is 10.8 Å². The molecular formula is C12H23NO2S. The summed E-state index contributed by atoms with van der Waals surface area (Å²) in [6, 6.07) is 0.135. The molecule has 0 amide bonds. The molecule has 0 aromatic rings. The van der Waals surface area contributed by atoms with E-state index in [9.17, 15) is 4.21 Å². The van der Waals surface area contributed by atoms with Gasteiger partial charge in [0, 0.05) is 29.2 Å². The average molecular weight is 245 g/mol. The standard InChI is InChI=1S/C12H23NO2S/c1-9-12(6-7-15-9)16(14)8-11(13)10-4-2-3-5-10/h9-12H,2-8,13H2,1H3. The first-order valence-electron chi connectivity index (χ1n) is 6.43. The van der Waals surface area contributed by atoms with Crippen LogP contribution in [0, 0.1) is 5.92 Å². The van der Waals surface area contributed by atoms with Crippen LogP contribution in [0.2, 0.25) is 0 Å². The Hall–Kier alpha value is 0.0700. The van der Waals surface area contributed by atoms with E-state index in [1.165, 1.54) is 25.7 Å². The first kappa shape index (κ1) is 12.5. The highest BCUT2D eigenvalue weighted by atomic mass is 32.2. The number of rotatable bonds is 4. The molecule has 2 aliphatic rings.